The van der Waals surface area contributed by atoms with Gasteiger partial charge in [-0.1, -0.05) is 36.4 Å². The first-order valence-corrected chi connectivity index (χ1v) is 19.3. The van der Waals surface area contributed by atoms with Gasteiger partial charge in [-0.25, -0.2) is 15.0 Å². The Morgan fingerprint density at radius 2 is 1.06 bits per heavy atom. The number of hydrogen-bond acceptors (Lipinski definition) is 8. The topological polar surface area (TPSA) is 161 Å². The van der Waals surface area contributed by atoms with Crippen molar-refractivity contribution in [3.8, 4) is 34.2 Å². The van der Waals surface area contributed by atoms with Crippen LogP contribution in [0.15, 0.2) is 84.9 Å². The molecule has 6 aromatic rings. The fourth-order valence-corrected chi connectivity index (χ4v) is 7.17. The Balaban J connectivity index is 1.54. The zero-order valence-corrected chi connectivity index (χ0v) is 28.9. The van der Waals surface area contributed by atoms with Crippen molar-refractivity contribution in [1.82, 2.24) is 24.1 Å². The van der Waals surface area contributed by atoms with Gasteiger partial charge in [0.25, 0.3) is 20.2 Å². The fourth-order valence-electron chi connectivity index (χ4n) is 6.18. The van der Waals surface area contributed by atoms with E-state index < -0.39 is 31.7 Å². The molecule has 0 atom stereocenters. The highest BCUT2D eigenvalue weighted by molar-refractivity contribution is 7.86. The van der Waals surface area contributed by atoms with E-state index in [9.17, 15) is 25.9 Å². The van der Waals surface area contributed by atoms with Crippen molar-refractivity contribution < 1.29 is 25.9 Å². The third-order valence-corrected chi connectivity index (χ3v) is 10.1. The number of anilines is 1. The summed E-state index contributed by atoms with van der Waals surface area (Å²) in [6.07, 6.45) is 0.324. The van der Waals surface area contributed by atoms with E-state index in [1.54, 1.807) is 0 Å². The van der Waals surface area contributed by atoms with Crippen molar-refractivity contribution in [2.75, 3.05) is 29.5 Å². The van der Waals surface area contributed by atoms with Crippen LogP contribution in [0, 0.1) is 0 Å². The van der Waals surface area contributed by atoms with Gasteiger partial charge in [0, 0.05) is 31.9 Å². The van der Waals surface area contributed by atoms with E-state index in [4.69, 9.17) is 15.0 Å². The largest absolute Gasteiger partial charge is 0.372 e. The fraction of sp³-hybridized carbons (Fsp3) is 0.286. The predicted octanol–water partition coefficient (Wildman–Crippen LogP) is 6.18. The normalized spacial score (nSPS) is 12.2. The number of nitrogens with zero attached hydrogens (tertiary/aromatic N) is 6. The summed E-state index contributed by atoms with van der Waals surface area (Å²) >= 11 is 0. The van der Waals surface area contributed by atoms with E-state index in [-0.39, 0.29) is 25.9 Å². The number of aryl methyl sites for hydroxylation is 2. The predicted molar refractivity (Wildman–Crippen MR) is 193 cm³/mol. The number of fused-ring (bicyclic) bond motifs is 2. The van der Waals surface area contributed by atoms with Crippen LogP contribution in [0.25, 0.3) is 56.2 Å². The van der Waals surface area contributed by atoms with Gasteiger partial charge in [-0.15, -0.1) is 0 Å². The summed E-state index contributed by atoms with van der Waals surface area (Å²) in [5.41, 5.74) is 6.94. The highest BCUT2D eigenvalue weighted by atomic mass is 32.2. The molecular formula is C35H38N6O6S2. The minimum absolute atomic E-state index is 0.162. The number of para-hydroxylation sites is 4. The first kappa shape index (κ1) is 34.2. The Kier molecular flexibility index (Phi) is 9.84. The Labute approximate surface area is 285 Å². The molecule has 0 aliphatic carbocycles. The molecular weight excluding hydrogens is 665 g/mol. The van der Waals surface area contributed by atoms with Crippen molar-refractivity contribution in [2.45, 2.75) is 39.8 Å². The molecule has 12 nitrogen and oxygen atoms in total. The average Bonchev–Trinajstić information content (AvgIpc) is 3.63. The van der Waals surface area contributed by atoms with Crippen LogP contribution in [-0.4, -0.2) is 74.6 Å². The average molecular weight is 703 g/mol. The molecule has 3 aromatic heterocycles. The van der Waals surface area contributed by atoms with Gasteiger partial charge >= 0.3 is 0 Å². The first-order chi connectivity index (χ1) is 23.4. The number of rotatable bonds is 14. The molecule has 3 aromatic carbocycles. The lowest BCUT2D eigenvalue weighted by Gasteiger charge is -2.21. The summed E-state index contributed by atoms with van der Waals surface area (Å²) in [5, 5.41) is 0. The Morgan fingerprint density at radius 3 is 1.49 bits per heavy atom. The second-order valence-electron chi connectivity index (χ2n) is 11.8. The zero-order chi connectivity index (χ0) is 34.8. The van der Waals surface area contributed by atoms with E-state index >= 15 is 0 Å². The van der Waals surface area contributed by atoms with E-state index in [2.05, 4.69) is 43.0 Å². The number of aromatic nitrogens is 5. The molecule has 0 spiro atoms. The molecule has 256 valence electrons. The first-order valence-electron chi connectivity index (χ1n) is 16.1. The second-order valence-corrected chi connectivity index (χ2v) is 14.9. The maximum absolute atomic E-state index is 11.6. The minimum Gasteiger partial charge on any atom is -0.372 e. The van der Waals surface area contributed by atoms with Gasteiger partial charge in [-0.2, -0.15) is 16.8 Å². The van der Waals surface area contributed by atoms with Crippen LogP contribution < -0.4 is 4.90 Å². The van der Waals surface area contributed by atoms with E-state index in [0.29, 0.717) is 34.1 Å². The molecule has 0 aliphatic heterocycles. The lowest BCUT2D eigenvalue weighted by atomic mass is 10.0. The van der Waals surface area contributed by atoms with Crippen molar-refractivity contribution in [3.05, 3.63) is 84.9 Å². The van der Waals surface area contributed by atoms with Crippen molar-refractivity contribution in [2.24, 2.45) is 0 Å². The van der Waals surface area contributed by atoms with E-state index in [0.717, 1.165) is 40.9 Å². The maximum Gasteiger partial charge on any atom is 0.264 e. The molecule has 0 radical (unpaired) electrons. The monoisotopic (exact) mass is 702 g/mol. The van der Waals surface area contributed by atoms with Crippen LogP contribution in [0.4, 0.5) is 5.69 Å². The van der Waals surface area contributed by atoms with Crippen molar-refractivity contribution in [1.29, 1.82) is 0 Å². The Morgan fingerprint density at radius 1 is 0.612 bits per heavy atom. The van der Waals surface area contributed by atoms with Gasteiger partial charge in [0.15, 0.2) is 11.6 Å². The Bertz CT molecular complexity index is 2200. The highest BCUT2D eigenvalue weighted by Gasteiger charge is 2.21. The van der Waals surface area contributed by atoms with E-state index in [1.165, 1.54) is 0 Å². The Hall–Kier alpha value is -4.63. The minimum atomic E-state index is -4.16. The van der Waals surface area contributed by atoms with Crippen LogP contribution in [0.3, 0.4) is 0 Å². The summed E-state index contributed by atoms with van der Waals surface area (Å²) < 4.78 is 69.0. The maximum atomic E-state index is 11.6. The molecule has 0 bridgehead atoms. The zero-order valence-electron chi connectivity index (χ0n) is 27.3. The lowest BCUT2D eigenvalue weighted by Crippen LogP contribution is -2.21. The van der Waals surface area contributed by atoms with E-state index in [1.807, 2.05) is 69.8 Å². The van der Waals surface area contributed by atoms with Crippen LogP contribution in [0.5, 0.6) is 0 Å². The lowest BCUT2D eigenvalue weighted by molar-refractivity contribution is 0.476. The molecule has 14 heteroatoms. The summed E-state index contributed by atoms with van der Waals surface area (Å²) in [6.45, 7) is 6.51. The van der Waals surface area contributed by atoms with Gasteiger partial charge < -0.3 is 14.0 Å². The molecule has 0 unspecified atom stereocenters. The third-order valence-electron chi connectivity index (χ3n) is 8.49. The van der Waals surface area contributed by atoms with Crippen LogP contribution >= 0.6 is 0 Å². The molecule has 0 saturated heterocycles. The number of benzene rings is 3. The molecule has 2 N–H and O–H groups in total. The quantitative estimate of drug-likeness (QED) is 0.125. The van der Waals surface area contributed by atoms with Crippen LogP contribution in [0.2, 0.25) is 0 Å². The number of imidazole rings is 2. The van der Waals surface area contributed by atoms with Gasteiger partial charge in [0.2, 0.25) is 0 Å². The summed E-state index contributed by atoms with van der Waals surface area (Å²) in [5.74, 6) is 0.246. The van der Waals surface area contributed by atoms with Crippen molar-refractivity contribution >= 4 is 48.0 Å². The van der Waals surface area contributed by atoms with Crippen LogP contribution in [-0.2, 0) is 33.3 Å². The smallest absolute Gasteiger partial charge is 0.264 e. The summed E-state index contributed by atoms with van der Waals surface area (Å²) in [6, 6.07) is 27.3. The van der Waals surface area contributed by atoms with Gasteiger partial charge in [0.05, 0.1) is 33.6 Å². The van der Waals surface area contributed by atoms with Gasteiger partial charge in [-0.05, 0) is 86.3 Å². The van der Waals surface area contributed by atoms with Gasteiger partial charge in [0.1, 0.15) is 11.4 Å². The molecule has 0 saturated carbocycles. The number of pyridine rings is 1. The second kappa shape index (κ2) is 14.1. The van der Waals surface area contributed by atoms with Gasteiger partial charge in [-0.3, -0.25) is 9.11 Å². The molecule has 0 amide bonds. The summed E-state index contributed by atoms with van der Waals surface area (Å²) in [7, 11) is -8.32. The molecule has 0 fully saturated rings. The summed E-state index contributed by atoms with van der Waals surface area (Å²) in [4.78, 5) is 17.2. The van der Waals surface area contributed by atoms with Crippen LogP contribution in [0.1, 0.15) is 26.7 Å². The molecule has 0 aliphatic rings. The third kappa shape index (κ3) is 7.83. The standard InChI is InChI=1S/C35H38N6O6S2/c1-3-39(4-2)27-17-15-25(16-18-27)26-23-30(34-37-28-11-5-7-13-32(28)40(34)19-9-21-48(42,43)44)36-31(24-26)35-38-29-12-6-8-14-33(29)41(35)20-10-22-49(45,46)47/h5-8,11-18,23-24H,3-4,9-10,19-22H2,1-2H3,(H,42,43,44)(H,45,46,47). The molecule has 3 heterocycles. The highest BCUT2D eigenvalue weighted by Crippen LogP contribution is 2.34. The van der Waals surface area contributed by atoms with Crippen molar-refractivity contribution in [3.63, 3.8) is 0 Å². The molecule has 6 rings (SSSR count). The molecule has 49 heavy (non-hydrogen) atoms. The number of hydrogen-bond donors (Lipinski definition) is 2. The SMILES string of the molecule is CCN(CC)c1ccc(-c2cc(-c3nc4ccccc4n3CCCS(=O)(=O)O)nc(-c3nc4ccccc4n3CCCS(=O)(=O)O)c2)cc1.